The summed E-state index contributed by atoms with van der Waals surface area (Å²) in [5.74, 6) is 1.25. The molecule has 0 aliphatic rings. The van der Waals surface area contributed by atoms with Gasteiger partial charge in [-0.2, -0.15) is 0 Å². The number of hydrogen-bond acceptors (Lipinski definition) is 3. The summed E-state index contributed by atoms with van der Waals surface area (Å²) in [5.41, 5.74) is 7.32. The van der Waals surface area contributed by atoms with Crippen LogP contribution in [-0.4, -0.2) is 11.0 Å². The minimum absolute atomic E-state index is 0.00682. The Morgan fingerprint density at radius 1 is 1.24 bits per heavy atom. The predicted molar refractivity (Wildman–Crippen MR) is 84.5 cm³/mol. The molecule has 4 nitrogen and oxygen atoms in total. The second-order valence-corrected chi connectivity index (χ2v) is 5.03. The second kappa shape index (κ2) is 6.99. The lowest BCUT2D eigenvalue weighted by molar-refractivity contribution is 0.318. The van der Waals surface area contributed by atoms with Gasteiger partial charge >= 0.3 is 0 Å². The molecule has 0 atom stereocenters. The molecule has 0 fully saturated rings. The van der Waals surface area contributed by atoms with Gasteiger partial charge in [-0.15, -0.1) is 0 Å². The van der Waals surface area contributed by atoms with Crippen molar-refractivity contribution in [3.8, 4) is 11.5 Å². The van der Waals surface area contributed by atoms with Crippen LogP contribution < -0.4 is 10.5 Å². The highest BCUT2D eigenvalue weighted by Gasteiger charge is 2.07. The number of benzene rings is 2. The summed E-state index contributed by atoms with van der Waals surface area (Å²) in [4.78, 5) is 0. The number of ether oxygens (including phenoxy) is 1. The first-order chi connectivity index (χ1) is 10.1. The van der Waals surface area contributed by atoms with Crippen LogP contribution in [0.5, 0.6) is 11.5 Å². The lowest BCUT2D eigenvalue weighted by Crippen LogP contribution is -2.12. The molecule has 0 radical (unpaired) electrons. The fourth-order valence-electron chi connectivity index (χ4n) is 1.94. The first-order valence-corrected chi connectivity index (χ1v) is 7.06. The molecular formula is C16H17ClN2O2. The molecule has 2 aromatic rings. The molecule has 0 spiro atoms. The fraction of sp³-hybridized carbons (Fsp3) is 0.188. The van der Waals surface area contributed by atoms with Gasteiger partial charge < -0.3 is 15.7 Å². The summed E-state index contributed by atoms with van der Waals surface area (Å²) in [6.45, 7) is 2.15. The minimum Gasteiger partial charge on any atom is -0.456 e. The van der Waals surface area contributed by atoms with E-state index in [1.807, 2.05) is 24.3 Å². The molecule has 0 aromatic heterocycles. The third-order valence-electron chi connectivity index (χ3n) is 3.03. The van der Waals surface area contributed by atoms with Gasteiger partial charge in [-0.1, -0.05) is 42.2 Å². The van der Waals surface area contributed by atoms with Gasteiger partial charge in [0.2, 0.25) is 0 Å². The Balaban J connectivity index is 2.16. The van der Waals surface area contributed by atoms with E-state index in [0.29, 0.717) is 22.1 Å². The zero-order chi connectivity index (χ0) is 15.2. The summed E-state index contributed by atoms with van der Waals surface area (Å²) in [6.07, 6.45) is 2.16. The Labute approximate surface area is 128 Å². The van der Waals surface area contributed by atoms with E-state index in [4.69, 9.17) is 27.3 Å². The number of halogens is 1. The maximum absolute atomic E-state index is 8.64. The smallest absolute Gasteiger partial charge is 0.170 e. The molecular weight excluding hydrogens is 288 g/mol. The van der Waals surface area contributed by atoms with E-state index in [2.05, 4.69) is 12.1 Å². The number of aryl methyl sites for hydroxylation is 1. The van der Waals surface area contributed by atoms with E-state index >= 15 is 0 Å². The number of rotatable bonds is 5. The van der Waals surface area contributed by atoms with Crippen LogP contribution in [0.15, 0.2) is 47.6 Å². The molecule has 21 heavy (non-hydrogen) atoms. The van der Waals surface area contributed by atoms with E-state index in [9.17, 15) is 0 Å². The van der Waals surface area contributed by atoms with Crippen LogP contribution in [0.1, 0.15) is 24.5 Å². The minimum atomic E-state index is 0.00682. The van der Waals surface area contributed by atoms with E-state index < -0.39 is 0 Å². The molecule has 0 saturated carbocycles. The largest absolute Gasteiger partial charge is 0.456 e. The Morgan fingerprint density at radius 2 is 1.95 bits per heavy atom. The zero-order valence-corrected chi connectivity index (χ0v) is 12.5. The van der Waals surface area contributed by atoms with Gasteiger partial charge in [0.25, 0.3) is 0 Å². The number of oxime groups is 1. The topological polar surface area (TPSA) is 67.8 Å². The molecule has 0 aliphatic heterocycles. The molecule has 0 amide bonds. The average molecular weight is 305 g/mol. The number of nitrogens with zero attached hydrogens (tertiary/aromatic N) is 1. The molecule has 2 aromatic carbocycles. The molecule has 0 unspecified atom stereocenters. The Kier molecular flexibility index (Phi) is 5.06. The third kappa shape index (κ3) is 3.89. The molecule has 0 aliphatic carbocycles. The summed E-state index contributed by atoms with van der Waals surface area (Å²) in [7, 11) is 0. The normalized spacial score (nSPS) is 11.4. The van der Waals surface area contributed by atoms with Gasteiger partial charge in [-0.05, 0) is 42.3 Å². The molecule has 0 heterocycles. The SMILES string of the molecule is CCCc1ccc(Oc2ccc(C(N)=NO)cc2Cl)cc1. The molecule has 3 N–H and O–H groups in total. The number of hydrogen-bond donors (Lipinski definition) is 2. The Hall–Kier alpha value is -2.20. The third-order valence-corrected chi connectivity index (χ3v) is 3.32. The Bertz CT molecular complexity index is 639. The van der Waals surface area contributed by atoms with E-state index in [1.54, 1.807) is 18.2 Å². The first-order valence-electron chi connectivity index (χ1n) is 6.68. The van der Waals surface area contributed by atoms with Crippen molar-refractivity contribution in [1.29, 1.82) is 0 Å². The van der Waals surface area contributed by atoms with Crippen molar-refractivity contribution < 1.29 is 9.94 Å². The Morgan fingerprint density at radius 3 is 2.52 bits per heavy atom. The molecule has 2 rings (SSSR count). The zero-order valence-electron chi connectivity index (χ0n) is 11.7. The van der Waals surface area contributed by atoms with Gasteiger partial charge in [0.1, 0.15) is 11.5 Å². The van der Waals surface area contributed by atoms with Gasteiger partial charge in [0.05, 0.1) is 5.02 Å². The lowest BCUT2D eigenvalue weighted by Gasteiger charge is -2.09. The molecule has 0 bridgehead atoms. The molecule has 0 saturated heterocycles. The van der Waals surface area contributed by atoms with Gasteiger partial charge in [-0.3, -0.25) is 0 Å². The van der Waals surface area contributed by atoms with Crippen LogP contribution >= 0.6 is 11.6 Å². The van der Waals surface area contributed by atoms with Crippen molar-refractivity contribution in [2.75, 3.05) is 0 Å². The van der Waals surface area contributed by atoms with Crippen molar-refractivity contribution in [3.63, 3.8) is 0 Å². The van der Waals surface area contributed by atoms with Crippen LogP contribution in [0, 0.1) is 0 Å². The van der Waals surface area contributed by atoms with Crippen LogP contribution in [0.2, 0.25) is 5.02 Å². The predicted octanol–water partition coefficient (Wildman–Crippen LogP) is 4.18. The van der Waals surface area contributed by atoms with E-state index in [-0.39, 0.29) is 5.84 Å². The highest BCUT2D eigenvalue weighted by atomic mass is 35.5. The maximum atomic E-state index is 8.64. The quantitative estimate of drug-likeness (QED) is 0.377. The summed E-state index contributed by atoms with van der Waals surface area (Å²) < 4.78 is 5.74. The van der Waals surface area contributed by atoms with Crippen molar-refractivity contribution in [3.05, 3.63) is 58.6 Å². The van der Waals surface area contributed by atoms with Crippen molar-refractivity contribution in [2.24, 2.45) is 10.9 Å². The van der Waals surface area contributed by atoms with E-state index in [1.165, 1.54) is 5.56 Å². The standard InChI is InChI=1S/C16H17ClN2O2/c1-2-3-11-4-7-13(8-5-11)21-15-9-6-12(10-14(15)17)16(18)19-20/h4-10,20H,2-3H2,1H3,(H2,18,19). The van der Waals surface area contributed by atoms with Crippen molar-refractivity contribution >= 4 is 17.4 Å². The summed E-state index contributed by atoms with van der Waals surface area (Å²) in [5, 5.41) is 12.0. The molecule has 5 heteroatoms. The summed E-state index contributed by atoms with van der Waals surface area (Å²) >= 11 is 6.14. The number of nitrogens with two attached hydrogens (primary N) is 1. The molecule has 110 valence electrons. The lowest BCUT2D eigenvalue weighted by atomic mass is 10.1. The fourth-order valence-corrected chi connectivity index (χ4v) is 2.16. The van der Waals surface area contributed by atoms with Gasteiger partial charge in [0.15, 0.2) is 5.84 Å². The first kappa shape index (κ1) is 15.2. The number of amidine groups is 1. The highest BCUT2D eigenvalue weighted by molar-refractivity contribution is 6.32. The van der Waals surface area contributed by atoms with Crippen LogP contribution in [-0.2, 0) is 6.42 Å². The van der Waals surface area contributed by atoms with Crippen LogP contribution in [0.4, 0.5) is 0 Å². The van der Waals surface area contributed by atoms with Crippen LogP contribution in [0.25, 0.3) is 0 Å². The van der Waals surface area contributed by atoms with E-state index in [0.717, 1.165) is 12.8 Å². The van der Waals surface area contributed by atoms with Crippen molar-refractivity contribution in [1.82, 2.24) is 0 Å². The van der Waals surface area contributed by atoms with Gasteiger partial charge in [-0.25, -0.2) is 0 Å². The summed E-state index contributed by atoms with van der Waals surface area (Å²) in [6, 6.07) is 12.9. The monoisotopic (exact) mass is 304 g/mol. The van der Waals surface area contributed by atoms with Gasteiger partial charge in [0, 0.05) is 5.56 Å². The van der Waals surface area contributed by atoms with Crippen LogP contribution in [0.3, 0.4) is 0 Å². The average Bonchev–Trinajstić information content (AvgIpc) is 2.50. The maximum Gasteiger partial charge on any atom is 0.170 e. The van der Waals surface area contributed by atoms with Crippen molar-refractivity contribution in [2.45, 2.75) is 19.8 Å². The second-order valence-electron chi connectivity index (χ2n) is 4.63. The highest BCUT2D eigenvalue weighted by Crippen LogP contribution is 2.30.